The maximum atomic E-state index is 3.45. The smallest absolute Gasteiger partial charge is 0.0497 e. The lowest BCUT2D eigenvalue weighted by Gasteiger charge is -2.08. The summed E-state index contributed by atoms with van der Waals surface area (Å²) in [4.78, 5) is 0. The summed E-state index contributed by atoms with van der Waals surface area (Å²) in [7, 11) is 0. The molecule has 0 spiro atoms. The van der Waals surface area contributed by atoms with Crippen molar-refractivity contribution in [3.05, 3.63) is 59.7 Å². The molecular weight excluding hydrogens is 182 g/mol. The van der Waals surface area contributed by atoms with Gasteiger partial charge >= 0.3 is 0 Å². The van der Waals surface area contributed by atoms with Gasteiger partial charge in [-0.15, -0.1) is 0 Å². The van der Waals surface area contributed by atoms with Crippen LogP contribution in [0.3, 0.4) is 0 Å². The van der Waals surface area contributed by atoms with Crippen LogP contribution in [-0.2, 0) is 12.8 Å². The Morgan fingerprint density at radius 3 is 2.73 bits per heavy atom. The van der Waals surface area contributed by atoms with E-state index in [1.54, 1.807) is 0 Å². The van der Waals surface area contributed by atoms with Crippen LogP contribution in [0.5, 0.6) is 0 Å². The fourth-order valence-corrected chi connectivity index (χ4v) is 2.06. The van der Waals surface area contributed by atoms with Gasteiger partial charge in [0.1, 0.15) is 0 Å². The van der Waals surface area contributed by atoms with Gasteiger partial charge in [0.05, 0.1) is 0 Å². The summed E-state index contributed by atoms with van der Waals surface area (Å²) in [5, 5.41) is 3.45. The Morgan fingerprint density at radius 1 is 0.933 bits per heavy atom. The Morgan fingerprint density at radius 2 is 1.73 bits per heavy atom. The van der Waals surface area contributed by atoms with E-state index in [1.165, 1.54) is 16.8 Å². The average Bonchev–Trinajstić information content (AvgIpc) is 2.48. The summed E-state index contributed by atoms with van der Waals surface area (Å²) in [6.45, 7) is 0. The van der Waals surface area contributed by atoms with Crippen LogP contribution in [0, 0.1) is 6.07 Å². The first-order valence-corrected chi connectivity index (χ1v) is 5.28. The van der Waals surface area contributed by atoms with Gasteiger partial charge in [-0.05, 0) is 30.0 Å². The maximum absolute atomic E-state index is 3.45. The quantitative estimate of drug-likeness (QED) is 0.678. The van der Waals surface area contributed by atoms with Gasteiger partial charge < -0.3 is 5.32 Å². The summed E-state index contributed by atoms with van der Waals surface area (Å²) in [5.41, 5.74) is 5.09. The van der Waals surface area contributed by atoms with Gasteiger partial charge in [0.15, 0.2) is 0 Å². The molecule has 0 unspecified atom stereocenters. The summed E-state index contributed by atoms with van der Waals surface area (Å²) >= 11 is 0. The van der Waals surface area contributed by atoms with E-state index in [4.69, 9.17) is 0 Å². The predicted octanol–water partition coefficient (Wildman–Crippen LogP) is 3.33. The SMILES string of the molecule is [c]1cccc2c1Nc1ccccc1CC2. The van der Waals surface area contributed by atoms with Crippen molar-refractivity contribution in [1.29, 1.82) is 0 Å². The second-order valence-electron chi connectivity index (χ2n) is 3.85. The van der Waals surface area contributed by atoms with Gasteiger partial charge in [-0.3, -0.25) is 0 Å². The van der Waals surface area contributed by atoms with Crippen LogP contribution >= 0.6 is 0 Å². The minimum absolute atomic E-state index is 1.09. The third-order valence-electron chi connectivity index (χ3n) is 2.88. The molecule has 1 heterocycles. The van der Waals surface area contributed by atoms with E-state index < -0.39 is 0 Å². The number of fused-ring (bicyclic) bond motifs is 2. The van der Waals surface area contributed by atoms with Crippen LogP contribution in [0.4, 0.5) is 11.4 Å². The van der Waals surface area contributed by atoms with E-state index in [1.807, 2.05) is 6.07 Å². The monoisotopic (exact) mass is 194 g/mol. The Hall–Kier alpha value is -1.76. The average molecular weight is 194 g/mol. The minimum Gasteiger partial charge on any atom is -0.355 e. The molecule has 1 radical (unpaired) electrons. The largest absolute Gasteiger partial charge is 0.355 e. The summed E-state index contributed by atoms with van der Waals surface area (Å²) in [5.74, 6) is 0. The molecule has 2 aromatic carbocycles. The van der Waals surface area contributed by atoms with Gasteiger partial charge in [0, 0.05) is 17.4 Å². The lowest BCUT2D eigenvalue weighted by Crippen LogP contribution is -1.92. The first-order valence-electron chi connectivity index (χ1n) is 5.28. The van der Waals surface area contributed by atoms with Gasteiger partial charge in [0.25, 0.3) is 0 Å². The fourth-order valence-electron chi connectivity index (χ4n) is 2.06. The molecule has 1 heteroatoms. The zero-order valence-electron chi connectivity index (χ0n) is 8.46. The molecule has 0 saturated carbocycles. The van der Waals surface area contributed by atoms with Gasteiger partial charge in [-0.25, -0.2) is 0 Å². The molecule has 0 atom stereocenters. The molecule has 2 aromatic rings. The number of rotatable bonds is 0. The van der Waals surface area contributed by atoms with Gasteiger partial charge in [-0.1, -0.05) is 36.4 Å². The van der Waals surface area contributed by atoms with E-state index in [0.717, 1.165) is 18.5 Å². The van der Waals surface area contributed by atoms with E-state index >= 15 is 0 Å². The molecule has 0 amide bonds. The lowest BCUT2D eigenvalue weighted by molar-refractivity contribution is 0.977. The Kier molecular flexibility index (Phi) is 1.95. The van der Waals surface area contributed by atoms with Crippen molar-refractivity contribution in [3.63, 3.8) is 0 Å². The molecule has 3 rings (SSSR count). The predicted molar refractivity (Wildman–Crippen MR) is 62.4 cm³/mol. The third-order valence-corrected chi connectivity index (χ3v) is 2.88. The highest BCUT2D eigenvalue weighted by Gasteiger charge is 2.10. The van der Waals surface area contributed by atoms with E-state index in [-0.39, 0.29) is 0 Å². The highest BCUT2D eigenvalue weighted by atomic mass is 14.9. The Bertz CT molecular complexity index is 443. The zero-order valence-corrected chi connectivity index (χ0v) is 8.46. The van der Waals surface area contributed by atoms with Crippen molar-refractivity contribution in [2.45, 2.75) is 12.8 Å². The summed E-state index contributed by atoms with van der Waals surface area (Å²) in [6, 6.07) is 17.9. The van der Waals surface area contributed by atoms with Crippen molar-refractivity contribution in [1.82, 2.24) is 0 Å². The zero-order chi connectivity index (χ0) is 10.1. The lowest BCUT2D eigenvalue weighted by atomic mass is 10.0. The number of hydrogen-bond acceptors (Lipinski definition) is 1. The second kappa shape index (κ2) is 3.43. The first-order chi connectivity index (χ1) is 7.43. The molecule has 15 heavy (non-hydrogen) atoms. The van der Waals surface area contributed by atoms with Crippen molar-refractivity contribution < 1.29 is 0 Å². The summed E-state index contributed by atoms with van der Waals surface area (Å²) < 4.78 is 0. The second-order valence-corrected chi connectivity index (χ2v) is 3.85. The summed E-state index contributed by atoms with van der Waals surface area (Å²) in [6.07, 6.45) is 2.20. The number of para-hydroxylation sites is 2. The molecular formula is C14H12N. The van der Waals surface area contributed by atoms with Gasteiger partial charge in [0.2, 0.25) is 0 Å². The van der Waals surface area contributed by atoms with E-state index in [2.05, 4.69) is 47.8 Å². The molecule has 1 nitrogen and oxygen atoms in total. The van der Waals surface area contributed by atoms with Gasteiger partial charge in [-0.2, -0.15) is 0 Å². The molecule has 0 saturated heterocycles. The Balaban J connectivity index is 2.10. The van der Waals surface area contributed by atoms with Crippen LogP contribution in [0.15, 0.2) is 42.5 Å². The fraction of sp³-hybridized carbons (Fsp3) is 0.143. The molecule has 1 N–H and O–H groups in total. The van der Waals surface area contributed by atoms with Crippen molar-refractivity contribution in [2.24, 2.45) is 0 Å². The third kappa shape index (κ3) is 1.50. The molecule has 1 aliphatic rings. The standard InChI is InChI=1S/C14H12N/c1-3-7-13-11(5-1)9-10-12-6-2-4-8-14(12)15-13/h1-7,15H,9-10H2. The highest BCUT2D eigenvalue weighted by molar-refractivity contribution is 5.67. The highest BCUT2D eigenvalue weighted by Crippen LogP contribution is 2.28. The molecule has 0 fully saturated rings. The van der Waals surface area contributed by atoms with Crippen LogP contribution < -0.4 is 5.32 Å². The van der Waals surface area contributed by atoms with Crippen molar-refractivity contribution in [2.75, 3.05) is 5.32 Å². The van der Waals surface area contributed by atoms with Crippen LogP contribution in [0.1, 0.15) is 11.1 Å². The van der Waals surface area contributed by atoms with E-state index in [9.17, 15) is 0 Å². The minimum atomic E-state index is 1.09. The molecule has 73 valence electrons. The molecule has 0 bridgehead atoms. The number of anilines is 2. The normalized spacial score (nSPS) is 13.3. The molecule has 0 aromatic heterocycles. The van der Waals surface area contributed by atoms with Crippen molar-refractivity contribution in [3.8, 4) is 0 Å². The molecule has 1 aliphatic heterocycles. The van der Waals surface area contributed by atoms with E-state index in [0.29, 0.717) is 0 Å². The molecule has 0 aliphatic carbocycles. The van der Waals surface area contributed by atoms with Crippen LogP contribution in [0.2, 0.25) is 0 Å². The number of benzene rings is 2. The maximum Gasteiger partial charge on any atom is 0.0497 e. The number of hydrogen-bond donors (Lipinski definition) is 1. The first kappa shape index (κ1) is 8.54. The van der Waals surface area contributed by atoms with Crippen molar-refractivity contribution >= 4 is 11.4 Å². The Labute approximate surface area is 89.8 Å². The number of aryl methyl sites for hydroxylation is 2. The van der Waals surface area contributed by atoms with Crippen LogP contribution in [-0.4, -0.2) is 0 Å². The van der Waals surface area contributed by atoms with Crippen LogP contribution in [0.25, 0.3) is 0 Å². The number of nitrogens with one attached hydrogen (secondary N) is 1. The topological polar surface area (TPSA) is 12.0 Å².